The number of aromatic nitrogens is 3. The van der Waals surface area contributed by atoms with Crippen LogP contribution in [0.1, 0.15) is 11.7 Å². The third kappa shape index (κ3) is 2.66. The third-order valence-electron chi connectivity index (χ3n) is 2.97. The van der Waals surface area contributed by atoms with Crippen molar-refractivity contribution >= 4 is 15.9 Å². The number of nitrogens with two attached hydrogens (primary N) is 1. The Morgan fingerprint density at radius 1 is 1.59 bits per heavy atom. The molecular formula is C9H17BrN6O. The van der Waals surface area contributed by atoms with Gasteiger partial charge in [-0.15, -0.1) is 5.10 Å². The summed E-state index contributed by atoms with van der Waals surface area (Å²) in [5, 5.41) is 7.92. The molecule has 8 heteroatoms. The zero-order valence-corrected chi connectivity index (χ0v) is 11.5. The van der Waals surface area contributed by atoms with Gasteiger partial charge in [0.15, 0.2) is 4.60 Å². The minimum absolute atomic E-state index is 0.00718. The van der Waals surface area contributed by atoms with Gasteiger partial charge in [-0.2, -0.15) is 0 Å². The number of hydrogen-bond donors (Lipinski definition) is 2. The Kier molecular flexibility index (Phi) is 4.10. The van der Waals surface area contributed by atoms with Crippen LogP contribution in [0.5, 0.6) is 0 Å². The van der Waals surface area contributed by atoms with Crippen LogP contribution in [0.15, 0.2) is 4.60 Å². The minimum atomic E-state index is -0.132. The SMILES string of the molecule is CN1CCOC(C(NN)c2c(Br)nnn2C)C1. The van der Waals surface area contributed by atoms with E-state index in [1.54, 1.807) is 4.68 Å². The van der Waals surface area contributed by atoms with E-state index in [9.17, 15) is 0 Å². The van der Waals surface area contributed by atoms with Crippen LogP contribution in [0.25, 0.3) is 0 Å². The molecule has 1 fully saturated rings. The van der Waals surface area contributed by atoms with Crippen LogP contribution in [0.4, 0.5) is 0 Å². The van der Waals surface area contributed by atoms with Crippen molar-refractivity contribution in [3.63, 3.8) is 0 Å². The summed E-state index contributed by atoms with van der Waals surface area (Å²) in [4.78, 5) is 2.22. The van der Waals surface area contributed by atoms with E-state index in [2.05, 4.69) is 43.6 Å². The number of ether oxygens (including phenoxy) is 1. The molecule has 0 aliphatic carbocycles. The highest BCUT2D eigenvalue weighted by Crippen LogP contribution is 2.25. The molecule has 2 rings (SSSR count). The molecule has 2 unspecified atom stereocenters. The first-order chi connectivity index (χ1) is 8.13. The Balaban J connectivity index is 2.21. The highest BCUT2D eigenvalue weighted by atomic mass is 79.9. The second-order valence-corrected chi connectivity index (χ2v) is 4.96. The molecule has 0 radical (unpaired) electrons. The van der Waals surface area contributed by atoms with Gasteiger partial charge in [0.1, 0.15) is 0 Å². The molecule has 0 aromatic carbocycles. The summed E-state index contributed by atoms with van der Waals surface area (Å²) in [6, 6.07) is -0.132. The predicted octanol–water partition coefficient (Wildman–Crippen LogP) is -0.587. The summed E-state index contributed by atoms with van der Waals surface area (Å²) >= 11 is 3.38. The van der Waals surface area contributed by atoms with E-state index in [0.717, 1.165) is 18.8 Å². The average Bonchev–Trinajstić information content (AvgIpc) is 2.62. The van der Waals surface area contributed by atoms with Crippen LogP contribution in [0.2, 0.25) is 0 Å². The molecule has 0 saturated carbocycles. The van der Waals surface area contributed by atoms with Gasteiger partial charge in [-0.05, 0) is 23.0 Å². The van der Waals surface area contributed by atoms with Crippen LogP contribution >= 0.6 is 15.9 Å². The van der Waals surface area contributed by atoms with E-state index in [4.69, 9.17) is 10.6 Å². The highest BCUT2D eigenvalue weighted by Gasteiger charge is 2.31. The molecule has 3 N–H and O–H groups in total. The van der Waals surface area contributed by atoms with Crippen molar-refractivity contribution in [1.82, 2.24) is 25.3 Å². The van der Waals surface area contributed by atoms with Gasteiger partial charge in [-0.1, -0.05) is 5.21 Å². The molecule has 1 saturated heterocycles. The van der Waals surface area contributed by atoms with Crippen molar-refractivity contribution in [2.75, 3.05) is 26.7 Å². The lowest BCUT2D eigenvalue weighted by Crippen LogP contribution is -2.48. The number of morpholine rings is 1. The molecule has 1 aliphatic heterocycles. The fourth-order valence-corrected chi connectivity index (χ4v) is 2.62. The van der Waals surface area contributed by atoms with Crippen molar-refractivity contribution in [1.29, 1.82) is 0 Å². The Hall–Kier alpha value is -0.540. The van der Waals surface area contributed by atoms with Crippen molar-refractivity contribution in [2.45, 2.75) is 12.1 Å². The van der Waals surface area contributed by atoms with Crippen LogP contribution in [-0.2, 0) is 11.8 Å². The molecule has 1 aliphatic rings. The number of hydrazine groups is 1. The van der Waals surface area contributed by atoms with E-state index < -0.39 is 0 Å². The van der Waals surface area contributed by atoms with Gasteiger partial charge < -0.3 is 9.64 Å². The molecule has 17 heavy (non-hydrogen) atoms. The maximum Gasteiger partial charge on any atom is 0.153 e. The van der Waals surface area contributed by atoms with Crippen LogP contribution in [0.3, 0.4) is 0 Å². The van der Waals surface area contributed by atoms with Crippen LogP contribution in [-0.4, -0.2) is 52.7 Å². The lowest BCUT2D eigenvalue weighted by molar-refractivity contribution is -0.0407. The first kappa shape index (κ1) is 12.9. The van der Waals surface area contributed by atoms with E-state index in [1.807, 2.05) is 7.05 Å². The molecule has 0 amide bonds. The number of rotatable bonds is 3. The normalized spacial score (nSPS) is 23.9. The van der Waals surface area contributed by atoms with E-state index in [0.29, 0.717) is 11.2 Å². The lowest BCUT2D eigenvalue weighted by Gasteiger charge is -2.34. The van der Waals surface area contributed by atoms with E-state index in [1.165, 1.54) is 0 Å². The molecule has 7 nitrogen and oxygen atoms in total. The first-order valence-corrected chi connectivity index (χ1v) is 6.24. The van der Waals surface area contributed by atoms with E-state index in [-0.39, 0.29) is 12.1 Å². The fourth-order valence-electron chi connectivity index (χ4n) is 2.04. The maximum absolute atomic E-state index is 5.76. The Morgan fingerprint density at radius 2 is 2.35 bits per heavy atom. The van der Waals surface area contributed by atoms with Gasteiger partial charge in [0.25, 0.3) is 0 Å². The lowest BCUT2D eigenvalue weighted by atomic mass is 10.1. The van der Waals surface area contributed by atoms with E-state index >= 15 is 0 Å². The smallest absolute Gasteiger partial charge is 0.153 e. The Morgan fingerprint density at radius 3 is 2.88 bits per heavy atom. The quantitative estimate of drug-likeness (QED) is 0.574. The van der Waals surface area contributed by atoms with Crippen LogP contribution < -0.4 is 11.3 Å². The summed E-state index contributed by atoms with van der Waals surface area (Å²) in [5.74, 6) is 5.64. The van der Waals surface area contributed by atoms with Crippen molar-refractivity contribution in [2.24, 2.45) is 12.9 Å². The fraction of sp³-hybridized carbons (Fsp3) is 0.778. The van der Waals surface area contributed by atoms with Gasteiger partial charge in [-0.25, -0.2) is 10.1 Å². The monoisotopic (exact) mass is 304 g/mol. The van der Waals surface area contributed by atoms with Gasteiger partial charge in [0.2, 0.25) is 0 Å². The van der Waals surface area contributed by atoms with Crippen LogP contribution in [0, 0.1) is 0 Å². The summed E-state index contributed by atoms with van der Waals surface area (Å²) in [6.07, 6.45) is -0.00718. The average molecular weight is 305 g/mol. The second kappa shape index (κ2) is 5.40. The maximum atomic E-state index is 5.76. The van der Waals surface area contributed by atoms with Gasteiger partial charge in [-0.3, -0.25) is 5.84 Å². The van der Waals surface area contributed by atoms with Gasteiger partial charge in [0, 0.05) is 20.1 Å². The summed E-state index contributed by atoms with van der Waals surface area (Å²) < 4.78 is 8.16. The van der Waals surface area contributed by atoms with Gasteiger partial charge >= 0.3 is 0 Å². The number of nitrogens with one attached hydrogen (secondary N) is 1. The summed E-state index contributed by atoms with van der Waals surface area (Å²) in [5.41, 5.74) is 3.69. The topological polar surface area (TPSA) is 81.2 Å². The predicted molar refractivity (Wildman–Crippen MR) is 66.0 cm³/mol. The number of hydrogen-bond acceptors (Lipinski definition) is 6. The number of halogens is 1. The first-order valence-electron chi connectivity index (χ1n) is 5.45. The van der Waals surface area contributed by atoms with Crippen molar-refractivity contribution < 1.29 is 4.74 Å². The molecule has 1 aromatic heterocycles. The Bertz CT molecular complexity index is 364. The van der Waals surface area contributed by atoms with Crippen molar-refractivity contribution in [3.8, 4) is 0 Å². The molecule has 1 aromatic rings. The molecule has 0 spiro atoms. The molecule has 2 heterocycles. The number of likely N-dealkylation sites (N-methyl/N-ethyl adjacent to an activating group) is 1. The zero-order valence-electron chi connectivity index (χ0n) is 9.93. The highest BCUT2D eigenvalue weighted by molar-refractivity contribution is 9.10. The minimum Gasteiger partial charge on any atom is -0.373 e. The third-order valence-corrected chi connectivity index (χ3v) is 3.53. The van der Waals surface area contributed by atoms with Crippen molar-refractivity contribution in [3.05, 3.63) is 10.3 Å². The second-order valence-electron chi connectivity index (χ2n) is 4.20. The number of nitrogens with zero attached hydrogens (tertiary/aromatic N) is 4. The van der Waals surface area contributed by atoms with Gasteiger partial charge in [0.05, 0.1) is 24.4 Å². The largest absolute Gasteiger partial charge is 0.373 e. The Labute approximate surface area is 108 Å². The number of aryl methyl sites for hydroxylation is 1. The summed E-state index contributed by atoms with van der Waals surface area (Å²) in [6.45, 7) is 2.48. The molecule has 2 atom stereocenters. The standard InChI is InChI=1S/C9H17BrN6O/c1-15-3-4-17-6(5-15)7(12-11)8-9(10)13-14-16(8)2/h6-7,12H,3-5,11H2,1-2H3. The molecule has 0 bridgehead atoms. The molecule has 96 valence electrons. The molecular weight excluding hydrogens is 288 g/mol. The zero-order chi connectivity index (χ0) is 12.4. The summed E-state index contributed by atoms with van der Waals surface area (Å²) in [7, 11) is 3.91.